The molecule has 2 aliphatic heterocycles. The summed E-state index contributed by atoms with van der Waals surface area (Å²) >= 11 is 0. The van der Waals surface area contributed by atoms with E-state index >= 15 is 0 Å². The smallest absolute Gasteiger partial charge is 0.114 e. The van der Waals surface area contributed by atoms with E-state index in [4.69, 9.17) is 9.47 Å². The largest absolute Gasteiger partial charge is 0.378 e. The lowest BCUT2D eigenvalue weighted by Crippen LogP contribution is -2.68. The van der Waals surface area contributed by atoms with E-state index in [-0.39, 0.29) is 16.7 Å². The Balaban J connectivity index is 2.23. The minimum atomic E-state index is -0.226. The van der Waals surface area contributed by atoms with Crippen molar-refractivity contribution in [1.29, 1.82) is 0 Å². The van der Waals surface area contributed by atoms with Gasteiger partial charge in [-0.15, -0.1) is 0 Å². The fraction of sp³-hybridized carbons (Fsp3) is 1.00. The molecule has 2 rings (SSSR count). The Morgan fingerprint density at radius 1 is 1.13 bits per heavy atom. The maximum atomic E-state index is 6.28. The minimum Gasteiger partial charge on any atom is -0.378 e. The molecule has 2 aliphatic rings. The van der Waals surface area contributed by atoms with Crippen LogP contribution in [0.4, 0.5) is 0 Å². The van der Waals surface area contributed by atoms with E-state index in [0.717, 1.165) is 32.6 Å². The molecule has 0 amide bonds. The average molecular weight is 213 g/mol. The fourth-order valence-electron chi connectivity index (χ4n) is 2.64. The quantitative estimate of drug-likeness (QED) is 0.667. The van der Waals surface area contributed by atoms with Gasteiger partial charge in [-0.1, -0.05) is 13.8 Å². The first-order valence-electron chi connectivity index (χ1n) is 5.90. The van der Waals surface area contributed by atoms with E-state index in [1.165, 1.54) is 0 Å². The van der Waals surface area contributed by atoms with Gasteiger partial charge in [0, 0.05) is 18.6 Å². The van der Waals surface area contributed by atoms with Gasteiger partial charge in [0.15, 0.2) is 0 Å². The van der Waals surface area contributed by atoms with Gasteiger partial charge in [-0.25, -0.2) is 0 Å². The van der Waals surface area contributed by atoms with Crippen LogP contribution in [0.2, 0.25) is 0 Å². The molecule has 0 aromatic rings. The second-order valence-electron chi connectivity index (χ2n) is 6.00. The molecular weight excluding hydrogens is 190 g/mol. The Hall–Kier alpha value is -0.120. The summed E-state index contributed by atoms with van der Waals surface area (Å²) in [6.45, 7) is 11.3. The fourth-order valence-corrected chi connectivity index (χ4v) is 2.64. The highest BCUT2D eigenvalue weighted by molar-refractivity contribution is 5.02. The molecule has 0 bridgehead atoms. The number of hydrogen-bond acceptors (Lipinski definition) is 3. The third kappa shape index (κ3) is 1.93. The van der Waals surface area contributed by atoms with Gasteiger partial charge in [0.1, 0.15) is 11.3 Å². The third-order valence-corrected chi connectivity index (χ3v) is 3.84. The van der Waals surface area contributed by atoms with Crippen molar-refractivity contribution >= 4 is 0 Å². The summed E-state index contributed by atoms with van der Waals surface area (Å²) in [7, 11) is 0. The van der Waals surface area contributed by atoms with Gasteiger partial charge in [0.25, 0.3) is 0 Å². The monoisotopic (exact) mass is 213 g/mol. The zero-order chi connectivity index (χ0) is 11.2. The highest BCUT2D eigenvalue weighted by Gasteiger charge is 2.53. The molecule has 1 N–H and O–H groups in total. The predicted molar refractivity (Wildman–Crippen MR) is 59.7 cm³/mol. The molecule has 0 radical (unpaired) electrons. The van der Waals surface area contributed by atoms with E-state index in [2.05, 4.69) is 33.0 Å². The van der Waals surface area contributed by atoms with Crippen LogP contribution in [0.25, 0.3) is 0 Å². The number of rotatable bonds is 0. The van der Waals surface area contributed by atoms with Crippen molar-refractivity contribution in [2.24, 2.45) is 5.41 Å². The van der Waals surface area contributed by atoms with Gasteiger partial charge in [-0.05, 0) is 26.7 Å². The standard InChI is InChI=1S/C12H23NO2/c1-10(2)8-13-11(3,4)15-12(10)6-5-7-14-9-12/h13H,5-9H2,1-4H3. The van der Waals surface area contributed by atoms with Crippen molar-refractivity contribution in [3.05, 3.63) is 0 Å². The molecule has 2 fully saturated rings. The molecule has 3 nitrogen and oxygen atoms in total. The summed E-state index contributed by atoms with van der Waals surface area (Å²) in [5, 5.41) is 3.44. The van der Waals surface area contributed by atoms with Crippen molar-refractivity contribution in [2.45, 2.75) is 51.9 Å². The van der Waals surface area contributed by atoms with Gasteiger partial charge in [-0.3, -0.25) is 5.32 Å². The van der Waals surface area contributed by atoms with Crippen LogP contribution < -0.4 is 5.32 Å². The molecule has 2 heterocycles. The zero-order valence-electron chi connectivity index (χ0n) is 10.4. The number of nitrogens with one attached hydrogen (secondary N) is 1. The van der Waals surface area contributed by atoms with Crippen LogP contribution in [0.1, 0.15) is 40.5 Å². The van der Waals surface area contributed by atoms with E-state index in [1.807, 2.05) is 0 Å². The van der Waals surface area contributed by atoms with Crippen molar-refractivity contribution in [3.8, 4) is 0 Å². The molecule has 1 unspecified atom stereocenters. The van der Waals surface area contributed by atoms with Crippen LogP contribution >= 0.6 is 0 Å². The minimum absolute atomic E-state index is 0.0972. The van der Waals surface area contributed by atoms with Crippen LogP contribution in [0, 0.1) is 5.41 Å². The van der Waals surface area contributed by atoms with E-state index in [1.54, 1.807) is 0 Å². The van der Waals surface area contributed by atoms with Crippen LogP contribution in [0.15, 0.2) is 0 Å². The van der Waals surface area contributed by atoms with Crippen molar-refractivity contribution in [2.75, 3.05) is 19.8 Å². The molecule has 0 aliphatic carbocycles. The maximum absolute atomic E-state index is 6.28. The molecular formula is C12H23NO2. The summed E-state index contributed by atoms with van der Waals surface area (Å²) in [5.74, 6) is 0. The van der Waals surface area contributed by atoms with E-state index < -0.39 is 0 Å². The van der Waals surface area contributed by atoms with Crippen LogP contribution in [0.3, 0.4) is 0 Å². The van der Waals surface area contributed by atoms with Gasteiger partial charge >= 0.3 is 0 Å². The van der Waals surface area contributed by atoms with E-state index in [0.29, 0.717) is 0 Å². The molecule has 2 saturated heterocycles. The van der Waals surface area contributed by atoms with Crippen molar-refractivity contribution in [1.82, 2.24) is 5.32 Å². The van der Waals surface area contributed by atoms with Gasteiger partial charge < -0.3 is 9.47 Å². The Bertz CT molecular complexity index is 242. The van der Waals surface area contributed by atoms with Gasteiger partial charge in [-0.2, -0.15) is 0 Å². The summed E-state index contributed by atoms with van der Waals surface area (Å²) in [4.78, 5) is 0. The Morgan fingerprint density at radius 3 is 2.47 bits per heavy atom. The first-order chi connectivity index (χ1) is 6.87. The van der Waals surface area contributed by atoms with Crippen molar-refractivity contribution < 1.29 is 9.47 Å². The van der Waals surface area contributed by atoms with Crippen LogP contribution in [-0.2, 0) is 9.47 Å². The van der Waals surface area contributed by atoms with Gasteiger partial charge in [0.05, 0.1) is 6.61 Å². The lowest BCUT2D eigenvalue weighted by molar-refractivity contribution is -0.271. The topological polar surface area (TPSA) is 30.5 Å². The molecule has 0 aromatic heterocycles. The number of hydrogen-bond donors (Lipinski definition) is 1. The zero-order valence-corrected chi connectivity index (χ0v) is 10.4. The summed E-state index contributed by atoms with van der Waals surface area (Å²) in [6, 6.07) is 0. The molecule has 0 aromatic carbocycles. The molecule has 3 heteroatoms. The van der Waals surface area contributed by atoms with Crippen LogP contribution in [-0.4, -0.2) is 31.1 Å². The first-order valence-corrected chi connectivity index (χ1v) is 5.90. The third-order valence-electron chi connectivity index (χ3n) is 3.84. The second-order valence-corrected chi connectivity index (χ2v) is 6.00. The summed E-state index contributed by atoms with van der Waals surface area (Å²) < 4.78 is 11.9. The normalized spacial score (nSPS) is 39.2. The molecule has 0 saturated carbocycles. The SMILES string of the molecule is CC1(C)NCC(C)(C)C2(CCCOC2)O1. The molecule has 1 atom stereocenters. The Kier molecular flexibility index (Phi) is 2.61. The van der Waals surface area contributed by atoms with Gasteiger partial charge in [0.2, 0.25) is 0 Å². The summed E-state index contributed by atoms with van der Waals surface area (Å²) in [6.07, 6.45) is 2.23. The number of ether oxygens (including phenoxy) is 2. The lowest BCUT2D eigenvalue weighted by atomic mass is 9.70. The predicted octanol–water partition coefficient (Wildman–Crippen LogP) is 1.92. The average Bonchev–Trinajstić information content (AvgIpc) is 2.14. The lowest BCUT2D eigenvalue weighted by Gasteiger charge is -2.56. The summed E-state index contributed by atoms with van der Waals surface area (Å²) in [5.41, 5.74) is -0.181. The highest BCUT2D eigenvalue weighted by Crippen LogP contribution is 2.45. The van der Waals surface area contributed by atoms with Crippen molar-refractivity contribution in [3.63, 3.8) is 0 Å². The molecule has 15 heavy (non-hydrogen) atoms. The van der Waals surface area contributed by atoms with E-state index in [9.17, 15) is 0 Å². The second kappa shape index (κ2) is 3.44. The Morgan fingerprint density at radius 2 is 1.87 bits per heavy atom. The highest BCUT2D eigenvalue weighted by atomic mass is 16.6. The molecule has 1 spiro atoms. The molecule has 88 valence electrons. The first kappa shape index (κ1) is 11.4. The Labute approximate surface area is 92.5 Å². The maximum Gasteiger partial charge on any atom is 0.114 e. The van der Waals surface area contributed by atoms with Crippen LogP contribution in [0.5, 0.6) is 0 Å².